The molecule has 1 aromatic rings. The SMILES string of the molecule is CCOc1ccccc1OCCN1CCC[C@H](N2CCCC2=O)C1. The Morgan fingerprint density at radius 1 is 1.12 bits per heavy atom. The lowest BCUT2D eigenvalue weighted by Crippen LogP contribution is -2.49. The predicted molar refractivity (Wildman–Crippen MR) is 93.5 cm³/mol. The molecule has 2 aliphatic heterocycles. The fraction of sp³-hybridized carbons (Fsp3) is 0.632. The van der Waals surface area contributed by atoms with Crippen LogP contribution in [0.25, 0.3) is 0 Å². The van der Waals surface area contributed by atoms with Crippen molar-refractivity contribution in [1.82, 2.24) is 9.80 Å². The fourth-order valence-corrected chi connectivity index (χ4v) is 3.67. The lowest BCUT2D eigenvalue weighted by molar-refractivity contribution is -0.130. The third kappa shape index (κ3) is 4.20. The molecule has 5 heteroatoms. The van der Waals surface area contributed by atoms with Crippen LogP contribution < -0.4 is 9.47 Å². The van der Waals surface area contributed by atoms with Crippen molar-refractivity contribution in [3.63, 3.8) is 0 Å². The van der Waals surface area contributed by atoms with Gasteiger partial charge in [0.1, 0.15) is 6.61 Å². The largest absolute Gasteiger partial charge is 0.490 e. The van der Waals surface area contributed by atoms with Gasteiger partial charge in [-0.2, -0.15) is 0 Å². The van der Waals surface area contributed by atoms with Gasteiger partial charge in [-0.3, -0.25) is 9.69 Å². The van der Waals surface area contributed by atoms with Crippen molar-refractivity contribution in [2.45, 2.75) is 38.6 Å². The highest BCUT2D eigenvalue weighted by molar-refractivity contribution is 5.78. The fourth-order valence-electron chi connectivity index (χ4n) is 3.67. The molecule has 2 fully saturated rings. The summed E-state index contributed by atoms with van der Waals surface area (Å²) < 4.78 is 11.5. The lowest BCUT2D eigenvalue weighted by Gasteiger charge is -2.37. The molecule has 1 amide bonds. The number of carbonyl (C=O) groups excluding carboxylic acids is 1. The quantitative estimate of drug-likeness (QED) is 0.769. The summed E-state index contributed by atoms with van der Waals surface area (Å²) in [7, 11) is 0. The van der Waals surface area contributed by atoms with Crippen molar-refractivity contribution in [2.24, 2.45) is 0 Å². The number of piperidine rings is 1. The Hall–Kier alpha value is -1.75. The minimum Gasteiger partial charge on any atom is -0.490 e. The van der Waals surface area contributed by atoms with E-state index in [0.29, 0.717) is 25.2 Å². The molecule has 0 spiro atoms. The van der Waals surface area contributed by atoms with Crippen LogP contribution in [0, 0.1) is 0 Å². The van der Waals surface area contributed by atoms with Crippen molar-refractivity contribution < 1.29 is 14.3 Å². The molecule has 132 valence electrons. The molecule has 0 radical (unpaired) electrons. The van der Waals surface area contributed by atoms with Crippen LogP contribution in [-0.2, 0) is 4.79 Å². The highest BCUT2D eigenvalue weighted by atomic mass is 16.5. The average Bonchev–Trinajstić information content (AvgIpc) is 3.03. The summed E-state index contributed by atoms with van der Waals surface area (Å²) in [4.78, 5) is 16.5. The van der Waals surface area contributed by atoms with E-state index < -0.39 is 0 Å². The summed E-state index contributed by atoms with van der Waals surface area (Å²) in [5.41, 5.74) is 0. The molecular formula is C19H28N2O3. The average molecular weight is 332 g/mol. The van der Waals surface area contributed by atoms with E-state index in [0.717, 1.165) is 63.4 Å². The number of benzene rings is 1. The van der Waals surface area contributed by atoms with Crippen LogP contribution in [0.3, 0.4) is 0 Å². The van der Waals surface area contributed by atoms with E-state index in [1.807, 2.05) is 31.2 Å². The van der Waals surface area contributed by atoms with Gasteiger partial charge in [-0.25, -0.2) is 0 Å². The highest BCUT2D eigenvalue weighted by Gasteiger charge is 2.31. The van der Waals surface area contributed by atoms with Crippen molar-refractivity contribution in [1.29, 1.82) is 0 Å². The van der Waals surface area contributed by atoms with Crippen molar-refractivity contribution in [2.75, 3.05) is 39.4 Å². The van der Waals surface area contributed by atoms with Crippen LogP contribution in [0.5, 0.6) is 11.5 Å². The van der Waals surface area contributed by atoms with E-state index in [9.17, 15) is 4.79 Å². The second kappa shape index (κ2) is 8.38. The predicted octanol–water partition coefficient (Wildman–Crippen LogP) is 2.55. The summed E-state index contributed by atoms with van der Waals surface area (Å²) >= 11 is 0. The van der Waals surface area contributed by atoms with Gasteiger partial charge in [-0.1, -0.05) is 12.1 Å². The molecule has 0 bridgehead atoms. The highest BCUT2D eigenvalue weighted by Crippen LogP contribution is 2.26. The third-order valence-electron chi connectivity index (χ3n) is 4.85. The molecule has 2 saturated heterocycles. The first-order chi connectivity index (χ1) is 11.8. The number of carbonyl (C=O) groups is 1. The first-order valence-electron chi connectivity index (χ1n) is 9.14. The Morgan fingerprint density at radius 2 is 1.92 bits per heavy atom. The lowest BCUT2D eigenvalue weighted by atomic mass is 10.0. The zero-order valence-corrected chi connectivity index (χ0v) is 14.6. The molecule has 0 unspecified atom stereocenters. The molecule has 0 N–H and O–H groups in total. The Labute approximate surface area is 144 Å². The third-order valence-corrected chi connectivity index (χ3v) is 4.85. The number of likely N-dealkylation sites (tertiary alicyclic amines) is 2. The van der Waals surface area contributed by atoms with E-state index in [1.54, 1.807) is 0 Å². The Kier molecular flexibility index (Phi) is 5.96. The maximum atomic E-state index is 11.9. The molecule has 1 atom stereocenters. The van der Waals surface area contributed by atoms with Gasteiger partial charge in [-0.05, 0) is 44.9 Å². The van der Waals surface area contributed by atoms with Gasteiger partial charge in [0.2, 0.25) is 5.91 Å². The van der Waals surface area contributed by atoms with Crippen LogP contribution in [0.2, 0.25) is 0 Å². The van der Waals surface area contributed by atoms with Crippen LogP contribution in [0.15, 0.2) is 24.3 Å². The van der Waals surface area contributed by atoms with Crippen LogP contribution >= 0.6 is 0 Å². The second-order valence-corrected chi connectivity index (χ2v) is 6.52. The number of ether oxygens (including phenoxy) is 2. The monoisotopic (exact) mass is 332 g/mol. The topological polar surface area (TPSA) is 42.0 Å². The van der Waals surface area contributed by atoms with Crippen LogP contribution in [0.4, 0.5) is 0 Å². The van der Waals surface area contributed by atoms with E-state index in [4.69, 9.17) is 9.47 Å². The minimum atomic E-state index is 0.337. The van der Waals surface area contributed by atoms with Gasteiger partial charge in [-0.15, -0.1) is 0 Å². The number of amides is 1. The van der Waals surface area contributed by atoms with Crippen molar-refractivity contribution in [3.05, 3.63) is 24.3 Å². The van der Waals surface area contributed by atoms with E-state index in [-0.39, 0.29) is 0 Å². The van der Waals surface area contributed by atoms with Gasteiger partial charge in [0.25, 0.3) is 0 Å². The molecule has 5 nitrogen and oxygen atoms in total. The second-order valence-electron chi connectivity index (χ2n) is 6.52. The normalized spacial score (nSPS) is 22.0. The summed E-state index contributed by atoms with van der Waals surface area (Å²) in [5.74, 6) is 1.95. The van der Waals surface area contributed by atoms with Gasteiger partial charge in [0.05, 0.1) is 6.61 Å². The maximum Gasteiger partial charge on any atom is 0.222 e. The zero-order valence-electron chi connectivity index (χ0n) is 14.6. The molecule has 2 heterocycles. The van der Waals surface area contributed by atoms with Crippen LogP contribution in [-0.4, -0.2) is 61.1 Å². The van der Waals surface area contributed by atoms with Gasteiger partial charge < -0.3 is 14.4 Å². The molecular weight excluding hydrogens is 304 g/mol. The number of rotatable bonds is 7. The standard InChI is InChI=1S/C19H28N2O3/c1-2-23-17-8-3-4-9-18(17)24-14-13-20-11-5-7-16(15-20)21-12-6-10-19(21)22/h3-4,8-9,16H,2,5-7,10-15H2,1H3/t16-/m0/s1. The van der Waals surface area contributed by atoms with Gasteiger partial charge >= 0.3 is 0 Å². The van der Waals surface area contributed by atoms with Gasteiger partial charge in [0, 0.05) is 32.1 Å². The summed E-state index contributed by atoms with van der Waals surface area (Å²) in [6, 6.07) is 8.21. The first-order valence-corrected chi connectivity index (χ1v) is 9.14. The summed E-state index contributed by atoms with van der Waals surface area (Å²) in [5, 5.41) is 0. The Bertz CT molecular complexity index is 549. The van der Waals surface area contributed by atoms with E-state index >= 15 is 0 Å². The van der Waals surface area contributed by atoms with Crippen molar-refractivity contribution in [3.8, 4) is 11.5 Å². The number of hydrogen-bond acceptors (Lipinski definition) is 4. The van der Waals surface area contributed by atoms with Crippen LogP contribution in [0.1, 0.15) is 32.6 Å². The maximum absolute atomic E-state index is 11.9. The Morgan fingerprint density at radius 3 is 2.62 bits per heavy atom. The summed E-state index contributed by atoms with van der Waals surface area (Å²) in [6.07, 6.45) is 4.04. The van der Waals surface area contributed by atoms with Gasteiger partial charge in [0.15, 0.2) is 11.5 Å². The molecule has 0 aromatic heterocycles. The number of nitrogens with zero attached hydrogens (tertiary/aromatic N) is 2. The molecule has 0 saturated carbocycles. The van der Waals surface area contributed by atoms with Crippen molar-refractivity contribution >= 4 is 5.91 Å². The molecule has 0 aliphatic carbocycles. The molecule has 3 rings (SSSR count). The van der Waals surface area contributed by atoms with E-state index in [1.165, 1.54) is 0 Å². The minimum absolute atomic E-state index is 0.337. The molecule has 1 aromatic carbocycles. The molecule has 2 aliphatic rings. The smallest absolute Gasteiger partial charge is 0.222 e. The van der Waals surface area contributed by atoms with E-state index in [2.05, 4.69) is 9.80 Å². The first kappa shape index (κ1) is 17.1. The summed E-state index contributed by atoms with van der Waals surface area (Å²) in [6.45, 7) is 7.15. The number of para-hydroxylation sites is 2. The zero-order chi connectivity index (χ0) is 16.8. The Balaban J connectivity index is 1.47. The number of hydrogen-bond donors (Lipinski definition) is 0. The molecule has 24 heavy (non-hydrogen) atoms.